The second-order valence-electron chi connectivity index (χ2n) is 4.53. The Labute approximate surface area is 131 Å². The average molecular weight is 322 g/mol. The predicted molar refractivity (Wildman–Crippen MR) is 85.4 cm³/mol. The second-order valence-corrected chi connectivity index (χ2v) is 4.94. The van der Waals surface area contributed by atoms with E-state index in [1.54, 1.807) is 0 Å². The lowest BCUT2D eigenvalue weighted by atomic mass is 10.1. The first kappa shape index (κ1) is 15.7. The number of nitrogens with one attached hydrogen (secondary N) is 2. The van der Waals surface area contributed by atoms with E-state index >= 15 is 0 Å². The number of ether oxygens (including phenoxy) is 2. The van der Waals surface area contributed by atoms with Gasteiger partial charge in [0, 0.05) is 6.54 Å². The van der Waals surface area contributed by atoms with Crippen LogP contribution in [0.2, 0.25) is 0 Å². The van der Waals surface area contributed by atoms with Crippen molar-refractivity contribution in [3.8, 4) is 11.5 Å². The third-order valence-electron chi connectivity index (χ3n) is 2.64. The Hall–Kier alpha value is -2.68. The number of hydrogen-bond acceptors (Lipinski definition) is 6. The Morgan fingerprint density at radius 2 is 2.23 bits per heavy atom. The van der Waals surface area contributed by atoms with Gasteiger partial charge in [0.1, 0.15) is 0 Å². The van der Waals surface area contributed by atoms with Gasteiger partial charge < -0.3 is 14.8 Å². The predicted octanol–water partition coefficient (Wildman–Crippen LogP) is 1.70. The molecule has 0 aromatic heterocycles. The van der Waals surface area contributed by atoms with E-state index in [0.29, 0.717) is 23.2 Å². The fourth-order valence-electron chi connectivity index (χ4n) is 1.64. The number of nitro groups is 1. The van der Waals surface area contributed by atoms with E-state index in [1.807, 2.05) is 6.92 Å². The third-order valence-corrected chi connectivity index (χ3v) is 2.87. The lowest BCUT2D eigenvalue weighted by Crippen LogP contribution is -2.32. The van der Waals surface area contributed by atoms with Crippen molar-refractivity contribution < 1.29 is 14.4 Å². The lowest BCUT2D eigenvalue weighted by Gasteiger charge is -2.06. The minimum Gasteiger partial charge on any atom is -0.454 e. The molecule has 1 aliphatic heterocycles. The first-order valence-corrected chi connectivity index (χ1v) is 6.67. The van der Waals surface area contributed by atoms with Gasteiger partial charge in [-0.2, -0.15) is 5.10 Å². The quantitative estimate of drug-likeness (QED) is 0.280. The molecular formula is C13H14N4O4S. The van der Waals surface area contributed by atoms with Crippen LogP contribution in [0.1, 0.15) is 12.5 Å². The van der Waals surface area contributed by atoms with Crippen molar-refractivity contribution in [3.63, 3.8) is 0 Å². The van der Waals surface area contributed by atoms with Crippen molar-refractivity contribution in [2.75, 3.05) is 13.3 Å². The summed E-state index contributed by atoms with van der Waals surface area (Å²) in [5.41, 5.74) is 3.64. The fourth-order valence-corrected chi connectivity index (χ4v) is 1.76. The normalized spacial score (nSPS) is 12.2. The van der Waals surface area contributed by atoms with Crippen LogP contribution in [0.3, 0.4) is 0 Å². The topological polar surface area (TPSA) is 98.0 Å². The molecule has 0 spiro atoms. The summed E-state index contributed by atoms with van der Waals surface area (Å²) < 4.78 is 10.3. The Morgan fingerprint density at radius 3 is 2.86 bits per heavy atom. The number of thiocarbonyl (C=S) groups is 1. The van der Waals surface area contributed by atoms with Crippen LogP contribution in [0.15, 0.2) is 29.4 Å². The summed E-state index contributed by atoms with van der Waals surface area (Å²) >= 11 is 5.00. The standard InChI is InChI=1S/C13H14N4O4S/c1-8(2)5-14-13(22)16-15-6-9-3-11-12(21-7-20-11)4-10(9)17(18)19/h3-4,6H,1,5,7H2,2H3,(H2,14,16,22). The maximum Gasteiger partial charge on any atom is 0.282 e. The number of fused-ring (bicyclic) bond motifs is 1. The first-order valence-electron chi connectivity index (χ1n) is 6.26. The summed E-state index contributed by atoms with van der Waals surface area (Å²) in [4.78, 5) is 10.6. The summed E-state index contributed by atoms with van der Waals surface area (Å²) in [6.45, 7) is 6.15. The molecule has 9 heteroatoms. The molecule has 8 nitrogen and oxygen atoms in total. The maximum atomic E-state index is 11.1. The Bertz CT molecular complexity index is 660. The molecule has 0 unspecified atom stereocenters. The van der Waals surface area contributed by atoms with E-state index in [9.17, 15) is 10.1 Å². The zero-order chi connectivity index (χ0) is 16.1. The molecule has 0 saturated carbocycles. The van der Waals surface area contributed by atoms with Gasteiger partial charge in [0.2, 0.25) is 6.79 Å². The summed E-state index contributed by atoms with van der Waals surface area (Å²) in [7, 11) is 0. The molecule has 2 N–H and O–H groups in total. The van der Waals surface area contributed by atoms with Crippen LogP contribution in [0.5, 0.6) is 11.5 Å². The van der Waals surface area contributed by atoms with Crippen LogP contribution >= 0.6 is 12.2 Å². The third kappa shape index (κ3) is 3.92. The molecule has 0 aliphatic carbocycles. The van der Waals surface area contributed by atoms with Crippen molar-refractivity contribution in [3.05, 3.63) is 40.0 Å². The molecule has 2 rings (SSSR count). The zero-order valence-electron chi connectivity index (χ0n) is 11.8. The molecule has 0 saturated heterocycles. The highest BCUT2D eigenvalue weighted by atomic mass is 32.1. The van der Waals surface area contributed by atoms with Crippen molar-refractivity contribution in [2.24, 2.45) is 5.10 Å². The van der Waals surface area contributed by atoms with Gasteiger partial charge in [-0.3, -0.25) is 15.5 Å². The van der Waals surface area contributed by atoms with Gasteiger partial charge in [-0.1, -0.05) is 12.2 Å². The van der Waals surface area contributed by atoms with Crippen molar-refractivity contribution >= 4 is 29.2 Å². The molecule has 0 atom stereocenters. The SMILES string of the molecule is C=C(C)CNC(=S)NN=Cc1cc2c(cc1[N+](=O)[O-])OCO2. The summed E-state index contributed by atoms with van der Waals surface area (Å²) in [6, 6.07) is 2.80. The highest BCUT2D eigenvalue weighted by molar-refractivity contribution is 7.80. The van der Waals surface area contributed by atoms with Crippen LogP contribution in [-0.2, 0) is 0 Å². The molecule has 116 valence electrons. The number of rotatable bonds is 5. The number of nitro benzene ring substituents is 1. The van der Waals surface area contributed by atoms with Crippen LogP contribution in [0.4, 0.5) is 5.69 Å². The molecular weight excluding hydrogens is 308 g/mol. The van der Waals surface area contributed by atoms with Gasteiger partial charge in [-0.25, -0.2) is 0 Å². The number of hydrogen-bond donors (Lipinski definition) is 2. The van der Waals surface area contributed by atoms with Crippen molar-refractivity contribution in [2.45, 2.75) is 6.92 Å². The van der Waals surface area contributed by atoms with Crippen LogP contribution in [0, 0.1) is 10.1 Å². The fraction of sp³-hybridized carbons (Fsp3) is 0.231. The van der Waals surface area contributed by atoms with Gasteiger partial charge in [0.25, 0.3) is 5.69 Å². The summed E-state index contributed by atoms with van der Waals surface area (Å²) in [5.74, 6) is 0.783. The number of benzene rings is 1. The Kier molecular flexibility index (Phi) is 4.89. The van der Waals surface area contributed by atoms with E-state index in [4.69, 9.17) is 21.7 Å². The van der Waals surface area contributed by atoms with E-state index in [1.165, 1.54) is 18.3 Å². The van der Waals surface area contributed by atoms with Gasteiger partial charge >= 0.3 is 0 Å². The Morgan fingerprint density at radius 1 is 1.55 bits per heavy atom. The molecule has 0 bridgehead atoms. The largest absolute Gasteiger partial charge is 0.454 e. The van der Waals surface area contributed by atoms with Gasteiger partial charge in [-0.05, 0) is 25.2 Å². The lowest BCUT2D eigenvalue weighted by molar-refractivity contribution is -0.385. The molecule has 1 aromatic carbocycles. The first-order chi connectivity index (χ1) is 10.5. The van der Waals surface area contributed by atoms with Gasteiger partial charge in [0.05, 0.1) is 22.8 Å². The molecule has 1 heterocycles. The molecule has 0 amide bonds. The van der Waals surface area contributed by atoms with E-state index in [2.05, 4.69) is 22.4 Å². The van der Waals surface area contributed by atoms with Crippen molar-refractivity contribution in [1.29, 1.82) is 0 Å². The summed E-state index contributed by atoms with van der Waals surface area (Å²) in [5, 5.41) is 18.1. The average Bonchev–Trinajstić information content (AvgIpc) is 2.91. The molecule has 22 heavy (non-hydrogen) atoms. The second kappa shape index (κ2) is 6.85. The molecule has 0 fully saturated rings. The molecule has 0 radical (unpaired) electrons. The zero-order valence-corrected chi connectivity index (χ0v) is 12.6. The van der Waals surface area contributed by atoms with Gasteiger partial charge in [0.15, 0.2) is 16.6 Å². The van der Waals surface area contributed by atoms with Crippen LogP contribution < -0.4 is 20.2 Å². The highest BCUT2D eigenvalue weighted by Gasteiger charge is 2.22. The summed E-state index contributed by atoms with van der Waals surface area (Å²) in [6.07, 6.45) is 1.30. The molecule has 1 aromatic rings. The van der Waals surface area contributed by atoms with Crippen LogP contribution in [-0.4, -0.2) is 29.6 Å². The van der Waals surface area contributed by atoms with E-state index in [0.717, 1.165) is 5.57 Å². The van der Waals surface area contributed by atoms with Crippen molar-refractivity contribution in [1.82, 2.24) is 10.7 Å². The van der Waals surface area contributed by atoms with E-state index < -0.39 is 4.92 Å². The molecule has 1 aliphatic rings. The minimum atomic E-state index is -0.513. The van der Waals surface area contributed by atoms with Crippen LogP contribution in [0.25, 0.3) is 0 Å². The van der Waals surface area contributed by atoms with E-state index in [-0.39, 0.29) is 18.0 Å². The smallest absolute Gasteiger partial charge is 0.282 e. The van der Waals surface area contributed by atoms with Gasteiger partial charge in [-0.15, -0.1) is 0 Å². The maximum absolute atomic E-state index is 11.1. The highest BCUT2D eigenvalue weighted by Crippen LogP contribution is 2.37. The number of hydrazone groups is 1. The minimum absolute atomic E-state index is 0.0419. The monoisotopic (exact) mass is 322 g/mol. The number of nitrogens with zero attached hydrogens (tertiary/aromatic N) is 2. The Balaban J connectivity index is 2.08.